The van der Waals surface area contributed by atoms with Crippen molar-refractivity contribution in [1.29, 1.82) is 5.26 Å². The first-order valence-electron chi connectivity index (χ1n) is 19.8. The fraction of sp³-hybridized carbons (Fsp3) is 0.488. The summed E-state index contributed by atoms with van der Waals surface area (Å²) in [6.45, 7) is 8.58. The van der Waals surface area contributed by atoms with Crippen molar-refractivity contribution in [2.24, 2.45) is 11.3 Å². The van der Waals surface area contributed by atoms with Crippen molar-refractivity contribution in [3.8, 4) is 23.1 Å². The second kappa shape index (κ2) is 14.5. The zero-order valence-corrected chi connectivity index (χ0v) is 31.3. The molecule has 15 nitrogen and oxygen atoms in total. The summed E-state index contributed by atoms with van der Waals surface area (Å²) in [6, 6.07) is 16.6. The highest BCUT2D eigenvalue weighted by atomic mass is 16.3. The number of benzene rings is 2. The number of fused-ring (bicyclic) bond motifs is 4. The summed E-state index contributed by atoms with van der Waals surface area (Å²) in [6.07, 6.45) is 3.95. The molecule has 9 rings (SSSR count). The molecular weight excluding hydrogens is 713 g/mol. The lowest BCUT2D eigenvalue weighted by Crippen LogP contribution is -2.59. The number of hydrogen-bond donors (Lipinski definition) is 3. The number of aromatic nitrogens is 2. The summed E-state index contributed by atoms with van der Waals surface area (Å²) in [5, 5.41) is 35.4. The van der Waals surface area contributed by atoms with E-state index in [4.69, 9.17) is 0 Å². The van der Waals surface area contributed by atoms with Gasteiger partial charge in [-0.15, -0.1) is 10.2 Å². The molecular formula is C41H46N10O5. The number of para-hydroxylation sites is 1. The first-order chi connectivity index (χ1) is 27.2. The summed E-state index contributed by atoms with van der Waals surface area (Å²) in [4.78, 5) is 61.3. The molecule has 6 aliphatic rings. The van der Waals surface area contributed by atoms with Crippen LogP contribution in [0.2, 0.25) is 0 Å². The third-order valence-corrected chi connectivity index (χ3v) is 12.8. The SMILES string of the molecule is N#CC1(CN2CCN3c4cc(-c5ccccc5O)nnc4NC[C@H]3C2)CCN(CC2CCN(c3ccc4c(c3)C(=O)N(C3CCC(=O)NC3=O)C4=O)CC2)CC1. The molecule has 2 aromatic carbocycles. The Morgan fingerprint density at radius 2 is 1.64 bits per heavy atom. The van der Waals surface area contributed by atoms with Crippen molar-refractivity contribution in [2.75, 3.05) is 80.6 Å². The minimum Gasteiger partial charge on any atom is -0.507 e. The van der Waals surface area contributed by atoms with Crippen LogP contribution in [0.3, 0.4) is 0 Å². The number of imide groups is 2. The number of phenols is 1. The van der Waals surface area contributed by atoms with E-state index >= 15 is 0 Å². The molecule has 15 heteroatoms. The van der Waals surface area contributed by atoms with Crippen LogP contribution in [0.1, 0.15) is 59.2 Å². The number of anilines is 3. The minimum atomic E-state index is -0.972. The van der Waals surface area contributed by atoms with Crippen LogP contribution >= 0.6 is 0 Å². The number of piperazine rings is 1. The summed E-state index contributed by atoms with van der Waals surface area (Å²) in [5.74, 6) is -0.489. The van der Waals surface area contributed by atoms with Crippen molar-refractivity contribution < 1.29 is 24.3 Å². The van der Waals surface area contributed by atoms with Gasteiger partial charge in [0.05, 0.1) is 40.0 Å². The summed E-state index contributed by atoms with van der Waals surface area (Å²) in [7, 11) is 0. The number of aromatic hydroxyl groups is 1. The van der Waals surface area contributed by atoms with E-state index in [1.54, 1.807) is 24.3 Å². The number of nitrogens with zero attached hydrogens (tertiary/aromatic N) is 8. The third kappa shape index (κ3) is 6.60. The van der Waals surface area contributed by atoms with Crippen LogP contribution in [0.4, 0.5) is 17.2 Å². The highest BCUT2D eigenvalue weighted by Crippen LogP contribution is 2.39. The van der Waals surface area contributed by atoms with Gasteiger partial charge in [0, 0.05) is 70.0 Å². The van der Waals surface area contributed by atoms with E-state index in [0.717, 1.165) is 113 Å². The van der Waals surface area contributed by atoms with Crippen LogP contribution in [0.25, 0.3) is 11.3 Å². The van der Waals surface area contributed by atoms with E-state index in [0.29, 0.717) is 28.3 Å². The predicted octanol–water partition coefficient (Wildman–Crippen LogP) is 2.69. The Kier molecular flexibility index (Phi) is 9.33. The zero-order chi connectivity index (χ0) is 38.6. The Bertz CT molecular complexity index is 2120. The molecule has 3 N–H and O–H groups in total. The van der Waals surface area contributed by atoms with Gasteiger partial charge in [0.25, 0.3) is 11.8 Å². The highest BCUT2D eigenvalue weighted by molar-refractivity contribution is 6.23. The van der Waals surface area contributed by atoms with Gasteiger partial charge in [-0.2, -0.15) is 5.26 Å². The zero-order valence-electron chi connectivity index (χ0n) is 31.3. The summed E-state index contributed by atoms with van der Waals surface area (Å²) < 4.78 is 0. The smallest absolute Gasteiger partial charge is 0.262 e. The van der Waals surface area contributed by atoms with E-state index in [2.05, 4.69) is 46.5 Å². The Morgan fingerprint density at radius 1 is 0.857 bits per heavy atom. The van der Waals surface area contributed by atoms with Crippen LogP contribution in [0.15, 0.2) is 48.5 Å². The Hall–Kier alpha value is -5.59. The molecule has 0 saturated carbocycles. The Labute approximate surface area is 325 Å². The largest absolute Gasteiger partial charge is 0.507 e. The molecule has 1 aromatic heterocycles. The number of rotatable bonds is 7. The van der Waals surface area contributed by atoms with Gasteiger partial charge < -0.3 is 25.1 Å². The topological polar surface area (TPSA) is 178 Å². The average molecular weight is 759 g/mol. The van der Waals surface area contributed by atoms with E-state index in [-0.39, 0.29) is 30.0 Å². The first-order valence-corrected chi connectivity index (χ1v) is 19.8. The minimum absolute atomic E-state index is 0.0927. The van der Waals surface area contributed by atoms with Gasteiger partial charge in [-0.25, -0.2) is 0 Å². The lowest BCUT2D eigenvalue weighted by molar-refractivity contribution is -0.136. The second-order valence-electron chi connectivity index (χ2n) is 16.2. The maximum absolute atomic E-state index is 13.4. The molecule has 0 bridgehead atoms. The van der Waals surface area contributed by atoms with Crippen molar-refractivity contribution in [1.82, 2.24) is 30.2 Å². The lowest BCUT2D eigenvalue weighted by atomic mass is 9.78. The van der Waals surface area contributed by atoms with Gasteiger partial charge in [-0.3, -0.25) is 34.3 Å². The molecule has 4 saturated heterocycles. The fourth-order valence-corrected chi connectivity index (χ4v) is 9.61. The van der Waals surface area contributed by atoms with Gasteiger partial charge >= 0.3 is 0 Å². The van der Waals surface area contributed by atoms with Crippen molar-refractivity contribution in [3.05, 3.63) is 59.7 Å². The summed E-state index contributed by atoms with van der Waals surface area (Å²) in [5.41, 5.74) is 3.44. The number of carbonyl (C=O) groups excluding carboxylic acids is 4. The van der Waals surface area contributed by atoms with Crippen LogP contribution < -0.4 is 20.4 Å². The van der Waals surface area contributed by atoms with Crippen molar-refractivity contribution >= 4 is 40.8 Å². The van der Waals surface area contributed by atoms with Crippen LogP contribution in [0.5, 0.6) is 5.75 Å². The molecule has 6 aliphatic heterocycles. The molecule has 56 heavy (non-hydrogen) atoms. The number of nitrogens with one attached hydrogen (secondary N) is 2. The lowest BCUT2D eigenvalue weighted by Gasteiger charge is -2.48. The van der Waals surface area contributed by atoms with Crippen LogP contribution in [-0.4, -0.2) is 131 Å². The monoisotopic (exact) mass is 758 g/mol. The molecule has 3 aromatic rings. The maximum atomic E-state index is 13.4. The number of phenolic OH excluding ortho intramolecular Hbond substituents is 1. The van der Waals surface area contributed by atoms with Gasteiger partial charge in [0.15, 0.2) is 5.82 Å². The van der Waals surface area contributed by atoms with Crippen molar-refractivity contribution in [2.45, 2.75) is 50.6 Å². The van der Waals surface area contributed by atoms with E-state index in [1.165, 1.54) is 0 Å². The number of amides is 4. The second-order valence-corrected chi connectivity index (χ2v) is 16.2. The predicted molar refractivity (Wildman–Crippen MR) is 207 cm³/mol. The molecule has 0 radical (unpaired) electrons. The fourth-order valence-electron chi connectivity index (χ4n) is 9.61. The maximum Gasteiger partial charge on any atom is 0.262 e. The summed E-state index contributed by atoms with van der Waals surface area (Å²) >= 11 is 0. The van der Waals surface area contributed by atoms with E-state index in [9.17, 15) is 29.5 Å². The highest BCUT2D eigenvalue weighted by Gasteiger charge is 2.45. The van der Waals surface area contributed by atoms with E-state index in [1.807, 2.05) is 24.3 Å². The number of piperidine rings is 3. The molecule has 7 heterocycles. The molecule has 1 unspecified atom stereocenters. The molecule has 290 valence electrons. The first kappa shape index (κ1) is 36.1. The number of carbonyl (C=O) groups is 4. The van der Waals surface area contributed by atoms with Crippen LogP contribution in [-0.2, 0) is 9.59 Å². The molecule has 4 fully saturated rings. The van der Waals surface area contributed by atoms with Crippen molar-refractivity contribution in [3.63, 3.8) is 0 Å². The van der Waals surface area contributed by atoms with Gasteiger partial charge in [-0.05, 0) is 87.5 Å². The Morgan fingerprint density at radius 3 is 2.41 bits per heavy atom. The molecule has 0 aliphatic carbocycles. The number of likely N-dealkylation sites (tertiary alicyclic amines) is 1. The normalized spacial score (nSPS) is 24.2. The van der Waals surface area contributed by atoms with Gasteiger partial charge in [0.1, 0.15) is 11.8 Å². The molecule has 2 atom stereocenters. The molecule has 0 spiro atoms. The van der Waals surface area contributed by atoms with E-state index < -0.39 is 29.7 Å². The number of hydrogen-bond acceptors (Lipinski definition) is 13. The Balaban J connectivity index is 0.758. The quantitative estimate of drug-likeness (QED) is 0.300. The average Bonchev–Trinajstić information content (AvgIpc) is 3.46. The standard InChI is InChI=1S/C41H46N10O5/c42-24-41(25-48-17-18-50-28(23-48)21-43-37-34(50)20-32(45-46-37)30-3-1-2-4-35(30)52)11-15-47(16-12-41)22-26-9-13-49(14-10-26)27-5-6-29-31(19-27)40(56)51(39(29)55)33-7-8-36(53)44-38(33)54/h1-6,19-20,26,28,33,52H,7-18,21-23,25H2,(H,43,46)(H,44,53,54)/t28-,33?/m0/s1. The van der Waals surface area contributed by atoms with Crippen LogP contribution in [0, 0.1) is 22.7 Å². The number of nitriles is 1. The van der Waals surface area contributed by atoms with Gasteiger partial charge in [0.2, 0.25) is 11.8 Å². The third-order valence-electron chi connectivity index (χ3n) is 12.8. The molecule has 4 amide bonds. The van der Waals surface area contributed by atoms with Gasteiger partial charge in [-0.1, -0.05) is 12.1 Å².